The Bertz CT molecular complexity index is 609. The second-order valence-corrected chi connectivity index (χ2v) is 7.34. The number of pyridine rings is 1. The fourth-order valence-corrected chi connectivity index (χ4v) is 4.02. The van der Waals surface area contributed by atoms with E-state index in [0.717, 1.165) is 37.7 Å². The van der Waals surface area contributed by atoms with Crippen molar-refractivity contribution in [3.05, 3.63) is 23.9 Å². The highest BCUT2D eigenvalue weighted by Crippen LogP contribution is 2.37. The number of nitriles is 1. The summed E-state index contributed by atoms with van der Waals surface area (Å²) in [6.07, 6.45) is 6.26. The molecule has 3 fully saturated rings. The van der Waals surface area contributed by atoms with E-state index in [1.165, 1.54) is 32.4 Å². The van der Waals surface area contributed by atoms with E-state index in [1.807, 2.05) is 12.1 Å². The zero-order chi connectivity index (χ0) is 15.7. The van der Waals surface area contributed by atoms with Crippen molar-refractivity contribution in [3.8, 4) is 6.07 Å². The third-order valence-electron chi connectivity index (χ3n) is 5.26. The van der Waals surface area contributed by atoms with Crippen LogP contribution >= 0.6 is 0 Å². The van der Waals surface area contributed by atoms with E-state index in [1.54, 1.807) is 6.07 Å². The van der Waals surface area contributed by atoms with Gasteiger partial charge in [-0.25, -0.2) is 4.98 Å². The summed E-state index contributed by atoms with van der Waals surface area (Å²) in [7, 11) is 0. The summed E-state index contributed by atoms with van der Waals surface area (Å²) in [6, 6.07) is 7.91. The topological polar surface area (TPSA) is 61.2 Å². The molecule has 3 aliphatic rings. The van der Waals surface area contributed by atoms with E-state index in [4.69, 9.17) is 10.00 Å². The van der Waals surface area contributed by atoms with E-state index in [9.17, 15) is 0 Å². The van der Waals surface area contributed by atoms with Gasteiger partial charge in [-0.2, -0.15) is 5.26 Å². The standard InChI is InChI=1S/C18H24N4O/c19-10-15-3-1-4-17(20-15)21-16-9-18(23-12-16)7-2-8-22(13-18)11-14-5-6-14/h1,3-4,14,16H,2,5-9,11-13H2,(H,20,21)/t16-,18-/m1/s1. The quantitative estimate of drug-likeness (QED) is 0.925. The molecule has 1 aliphatic carbocycles. The molecule has 0 radical (unpaired) electrons. The van der Waals surface area contributed by atoms with Gasteiger partial charge in [0.25, 0.3) is 0 Å². The van der Waals surface area contributed by atoms with Crippen LogP contribution in [-0.2, 0) is 4.74 Å². The number of nitrogens with one attached hydrogen (secondary N) is 1. The number of hydrogen-bond donors (Lipinski definition) is 1. The normalized spacial score (nSPS) is 31.2. The lowest BCUT2D eigenvalue weighted by atomic mass is 9.88. The van der Waals surface area contributed by atoms with Gasteiger partial charge in [0.1, 0.15) is 17.6 Å². The van der Waals surface area contributed by atoms with Gasteiger partial charge in [-0.1, -0.05) is 6.07 Å². The van der Waals surface area contributed by atoms with Crippen LogP contribution in [0.3, 0.4) is 0 Å². The molecule has 0 amide bonds. The molecule has 2 aliphatic heterocycles. The number of aromatic nitrogens is 1. The summed E-state index contributed by atoms with van der Waals surface area (Å²) in [5.74, 6) is 1.72. The lowest BCUT2D eigenvalue weighted by Crippen LogP contribution is -2.48. The largest absolute Gasteiger partial charge is 0.371 e. The summed E-state index contributed by atoms with van der Waals surface area (Å²) in [5.41, 5.74) is 0.481. The number of anilines is 1. The van der Waals surface area contributed by atoms with Crippen molar-refractivity contribution < 1.29 is 4.74 Å². The summed E-state index contributed by atoms with van der Waals surface area (Å²) >= 11 is 0. The molecular formula is C18H24N4O. The number of hydrogen-bond acceptors (Lipinski definition) is 5. The van der Waals surface area contributed by atoms with Crippen molar-refractivity contribution in [3.63, 3.8) is 0 Å². The molecule has 1 spiro atoms. The van der Waals surface area contributed by atoms with Crippen LogP contribution in [-0.4, -0.2) is 47.8 Å². The van der Waals surface area contributed by atoms with Gasteiger partial charge in [0.05, 0.1) is 18.2 Å². The minimum Gasteiger partial charge on any atom is -0.371 e. The molecule has 0 aromatic carbocycles. The molecule has 5 heteroatoms. The van der Waals surface area contributed by atoms with E-state index in [2.05, 4.69) is 21.3 Å². The zero-order valence-electron chi connectivity index (χ0n) is 13.5. The minimum atomic E-state index is 0.0254. The number of nitrogens with zero attached hydrogens (tertiary/aromatic N) is 3. The van der Waals surface area contributed by atoms with Crippen LogP contribution in [0.1, 0.15) is 37.8 Å². The van der Waals surface area contributed by atoms with Crippen LogP contribution in [0.2, 0.25) is 0 Å². The second kappa shape index (κ2) is 6.10. The SMILES string of the molecule is N#Cc1cccc(N[C@H]2CO[C@]3(CCCN(CC4CC4)C3)C2)n1. The Morgan fingerprint density at radius 1 is 1.43 bits per heavy atom. The Morgan fingerprint density at radius 3 is 3.17 bits per heavy atom. The third kappa shape index (κ3) is 3.49. The maximum atomic E-state index is 8.96. The average molecular weight is 312 g/mol. The summed E-state index contributed by atoms with van der Waals surface area (Å²) in [5, 5.41) is 12.4. The third-order valence-corrected chi connectivity index (χ3v) is 5.26. The zero-order valence-corrected chi connectivity index (χ0v) is 13.5. The van der Waals surface area contributed by atoms with Crippen LogP contribution in [0.15, 0.2) is 18.2 Å². The van der Waals surface area contributed by atoms with E-state index in [-0.39, 0.29) is 11.6 Å². The Hall–Kier alpha value is -1.64. The molecule has 23 heavy (non-hydrogen) atoms. The Labute approximate surface area is 137 Å². The van der Waals surface area contributed by atoms with Gasteiger partial charge >= 0.3 is 0 Å². The Morgan fingerprint density at radius 2 is 2.35 bits per heavy atom. The molecule has 1 saturated carbocycles. The van der Waals surface area contributed by atoms with Crippen molar-refractivity contribution in [2.45, 2.75) is 43.7 Å². The molecule has 2 saturated heterocycles. The predicted octanol–water partition coefficient (Wildman–Crippen LogP) is 2.40. The number of piperidine rings is 1. The first-order valence-corrected chi connectivity index (χ1v) is 8.75. The fraction of sp³-hybridized carbons (Fsp3) is 0.667. The summed E-state index contributed by atoms with van der Waals surface area (Å²) in [6.45, 7) is 4.30. The van der Waals surface area contributed by atoms with Gasteiger partial charge in [-0.05, 0) is 50.3 Å². The molecule has 4 rings (SSSR count). The molecule has 122 valence electrons. The van der Waals surface area contributed by atoms with Gasteiger partial charge in [-0.3, -0.25) is 0 Å². The first-order valence-electron chi connectivity index (χ1n) is 8.75. The summed E-state index contributed by atoms with van der Waals surface area (Å²) in [4.78, 5) is 6.92. The highest BCUT2D eigenvalue weighted by Gasteiger charge is 2.44. The Balaban J connectivity index is 1.37. The fourth-order valence-electron chi connectivity index (χ4n) is 4.02. The van der Waals surface area contributed by atoms with Crippen LogP contribution in [0, 0.1) is 17.2 Å². The van der Waals surface area contributed by atoms with Gasteiger partial charge in [0.2, 0.25) is 0 Å². The van der Waals surface area contributed by atoms with Crippen molar-refractivity contribution in [2.75, 3.05) is 31.6 Å². The second-order valence-electron chi connectivity index (χ2n) is 7.34. The average Bonchev–Trinajstić information content (AvgIpc) is 3.30. The maximum Gasteiger partial charge on any atom is 0.142 e. The van der Waals surface area contributed by atoms with Crippen molar-refractivity contribution in [1.82, 2.24) is 9.88 Å². The predicted molar refractivity (Wildman–Crippen MR) is 88.1 cm³/mol. The Kier molecular flexibility index (Phi) is 3.96. The lowest BCUT2D eigenvalue weighted by molar-refractivity contribution is -0.0521. The molecular weight excluding hydrogens is 288 g/mol. The highest BCUT2D eigenvalue weighted by atomic mass is 16.5. The maximum absolute atomic E-state index is 8.96. The smallest absolute Gasteiger partial charge is 0.142 e. The van der Waals surface area contributed by atoms with Gasteiger partial charge < -0.3 is 15.0 Å². The lowest BCUT2D eigenvalue weighted by Gasteiger charge is -2.39. The van der Waals surface area contributed by atoms with E-state index in [0.29, 0.717) is 5.69 Å². The van der Waals surface area contributed by atoms with E-state index >= 15 is 0 Å². The first-order chi connectivity index (χ1) is 11.2. The van der Waals surface area contributed by atoms with Gasteiger partial charge in [0, 0.05) is 19.5 Å². The number of ether oxygens (including phenoxy) is 1. The van der Waals surface area contributed by atoms with Crippen molar-refractivity contribution >= 4 is 5.82 Å². The number of rotatable bonds is 4. The minimum absolute atomic E-state index is 0.0254. The van der Waals surface area contributed by atoms with Crippen molar-refractivity contribution in [2.24, 2.45) is 5.92 Å². The molecule has 5 nitrogen and oxygen atoms in total. The van der Waals surface area contributed by atoms with Gasteiger partial charge in [0.15, 0.2) is 0 Å². The highest BCUT2D eigenvalue weighted by molar-refractivity contribution is 5.39. The molecule has 3 heterocycles. The van der Waals surface area contributed by atoms with Crippen LogP contribution in [0.5, 0.6) is 0 Å². The van der Waals surface area contributed by atoms with E-state index < -0.39 is 0 Å². The van der Waals surface area contributed by atoms with Crippen LogP contribution in [0.4, 0.5) is 5.82 Å². The molecule has 1 N–H and O–H groups in total. The first kappa shape index (κ1) is 14.9. The summed E-state index contributed by atoms with van der Waals surface area (Å²) < 4.78 is 6.26. The molecule has 0 unspecified atom stereocenters. The molecule has 1 aromatic rings. The van der Waals surface area contributed by atoms with Crippen LogP contribution < -0.4 is 5.32 Å². The van der Waals surface area contributed by atoms with Gasteiger partial charge in [-0.15, -0.1) is 0 Å². The van der Waals surface area contributed by atoms with Crippen LogP contribution in [0.25, 0.3) is 0 Å². The monoisotopic (exact) mass is 312 g/mol. The molecule has 2 atom stereocenters. The van der Waals surface area contributed by atoms with Crippen molar-refractivity contribution in [1.29, 1.82) is 5.26 Å². The number of likely N-dealkylation sites (tertiary alicyclic amines) is 1. The molecule has 0 bridgehead atoms. The molecule has 1 aromatic heterocycles.